The largest absolute Gasteiger partial charge is 0.478 e. The van der Waals surface area contributed by atoms with Gasteiger partial charge in [-0.15, -0.1) is 0 Å². The van der Waals surface area contributed by atoms with E-state index >= 15 is 0 Å². The summed E-state index contributed by atoms with van der Waals surface area (Å²) < 4.78 is 0. The monoisotopic (exact) mass is 236 g/mol. The van der Waals surface area contributed by atoms with Crippen molar-refractivity contribution in [3.05, 3.63) is 18.0 Å². The number of rotatable bonds is 3. The molecule has 1 aliphatic rings. The van der Waals surface area contributed by atoms with Crippen LogP contribution < -0.4 is 5.32 Å². The van der Waals surface area contributed by atoms with Crippen LogP contribution in [0.5, 0.6) is 0 Å². The molecule has 2 N–H and O–H groups in total. The molecule has 0 aliphatic carbocycles. The van der Waals surface area contributed by atoms with Crippen molar-refractivity contribution < 1.29 is 9.90 Å². The summed E-state index contributed by atoms with van der Waals surface area (Å²) in [7, 11) is 2.09. The van der Waals surface area contributed by atoms with Gasteiger partial charge in [-0.1, -0.05) is 0 Å². The van der Waals surface area contributed by atoms with Crippen molar-refractivity contribution >= 4 is 11.9 Å². The predicted octanol–water partition coefficient (Wildman–Crippen LogP) is 0.681. The standard InChI is InChI=1S/C11H16N4O2/c1-15-4-2-3-9(7-15)14-11-12-5-8(6-13-11)10(16)17/h5-6,9H,2-4,7H2,1H3,(H,16,17)(H,12,13,14). The van der Waals surface area contributed by atoms with Crippen LogP contribution in [-0.4, -0.2) is 52.1 Å². The van der Waals surface area contributed by atoms with E-state index in [-0.39, 0.29) is 5.56 Å². The number of hydrogen-bond donors (Lipinski definition) is 2. The normalized spacial score (nSPS) is 21.1. The van der Waals surface area contributed by atoms with Crippen LogP contribution in [0.3, 0.4) is 0 Å². The average molecular weight is 236 g/mol. The molecule has 0 spiro atoms. The zero-order valence-corrected chi connectivity index (χ0v) is 9.76. The van der Waals surface area contributed by atoms with E-state index < -0.39 is 5.97 Å². The van der Waals surface area contributed by atoms with Crippen molar-refractivity contribution in [3.63, 3.8) is 0 Å². The van der Waals surface area contributed by atoms with E-state index in [0.29, 0.717) is 12.0 Å². The predicted molar refractivity (Wildman–Crippen MR) is 63.1 cm³/mol. The fourth-order valence-corrected chi connectivity index (χ4v) is 1.98. The Bertz CT molecular complexity index is 393. The number of carbonyl (C=O) groups is 1. The van der Waals surface area contributed by atoms with Crippen molar-refractivity contribution in [2.75, 3.05) is 25.5 Å². The first kappa shape index (κ1) is 11.8. The fraction of sp³-hybridized carbons (Fsp3) is 0.545. The number of hydrogen-bond acceptors (Lipinski definition) is 5. The average Bonchev–Trinajstić information content (AvgIpc) is 2.29. The molecule has 2 heterocycles. The first-order chi connectivity index (χ1) is 8.15. The fourth-order valence-electron chi connectivity index (χ4n) is 1.98. The number of aromatic carboxylic acids is 1. The van der Waals surface area contributed by atoms with Crippen LogP contribution >= 0.6 is 0 Å². The van der Waals surface area contributed by atoms with Gasteiger partial charge in [-0.2, -0.15) is 0 Å². The van der Waals surface area contributed by atoms with Crippen molar-refractivity contribution in [2.24, 2.45) is 0 Å². The van der Waals surface area contributed by atoms with E-state index in [1.807, 2.05) is 0 Å². The van der Waals surface area contributed by atoms with E-state index in [9.17, 15) is 4.79 Å². The summed E-state index contributed by atoms with van der Waals surface area (Å²) in [5.74, 6) is -0.510. The highest BCUT2D eigenvalue weighted by Crippen LogP contribution is 2.12. The SMILES string of the molecule is CN1CCCC(Nc2ncc(C(=O)O)cn2)C1. The van der Waals surface area contributed by atoms with Crippen molar-refractivity contribution in [1.82, 2.24) is 14.9 Å². The van der Waals surface area contributed by atoms with Crippen LogP contribution in [0, 0.1) is 0 Å². The molecule has 0 saturated carbocycles. The Kier molecular flexibility index (Phi) is 3.53. The molecule has 1 aliphatic heterocycles. The minimum atomic E-state index is -1.01. The zero-order valence-electron chi connectivity index (χ0n) is 9.76. The lowest BCUT2D eigenvalue weighted by Gasteiger charge is -2.30. The number of carboxylic acid groups (broad SMARTS) is 1. The Hall–Kier alpha value is -1.69. The van der Waals surface area contributed by atoms with Crippen LogP contribution in [0.2, 0.25) is 0 Å². The lowest BCUT2D eigenvalue weighted by molar-refractivity contribution is 0.0696. The summed E-state index contributed by atoms with van der Waals surface area (Å²) in [6.07, 6.45) is 4.89. The topological polar surface area (TPSA) is 78.4 Å². The number of likely N-dealkylation sites (tertiary alicyclic amines) is 1. The molecule has 0 aromatic carbocycles. The molecule has 6 nitrogen and oxygen atoms in total. The van der Waals surface area contributed by atoms with Crippen LogP contribution in [0.25, 0.3) is 0 Å². The van der Waals surface area contributed by atoms with Gasteiger partial charge in [-0.3, -0.25) is 0 Å². The van der Waals surface area contributed by atoms with Crippen LogP contribution in [-0.2, 0) is 0 Å². The molecule has 1 saturated heterocycles. The van der Waals surface area contributed by atoms with E-state index in [4.69, 9.17) is 5.11 Å². The molecule has 6 heteroatoms. The summed E-state index contributed by atoms with van der Waals surface area (Å²) in [4.78, 5) is 20.9. The van der Waals surface area contributed by atoms with Gasteiger partial charge in [-0.25, -0.2) is 14.8 Å². The first-order valence-corrected chi connectivity index (χ1v) is 5.65. The van der Waals surface area contributed by atoms with E-state index in [1.165, 1.54) is 12.4 Å². The molecule has 0 radical (unpaired) electrons. The number of nitrogens with zero attached hydrogens (tertiary/aromatic N) is 3. The Morgan fingerprint density at radius 2 is 2.24 bits per heavy atom. The second kappa shape index (κ2) is 5.09. The summed E-state index contributed by atoms with van der Waals surface area (Å²) in [6, 6.07) is 0.337. The van der Waals surface area contributed by atoms with Crippen LogP contribution in [0.4, 0.5) is 5.95 Å². The van der Waals surface area contributed by atoms with Gasteiger partial charge in [0.15, 0.2) is 0 Å². The maximum atomic E-state index is 10.6. The Morgan fingerprint density at radius 1 is 1.53 bits per heavy atom. The quantitative estimate of drug-likeness (QED) is 0.803. The van der Waals surface area contributed by atoms with Gasteiger partial charge in [0, 0.05) is 25.0 Å². The maximum Gasteiger partial charge on any atom is 0.338 e. The summed E-state index contributed by atoms with van der Waals surface area (Å²) >= 11 is 0. The highest BCUT2D eigenvalue weighted by Gasteiger charge is 2.17. The molecule has 0 amide bonds. The van der Waals surface area contributed by atoms with Gasteiger partial charge < -0.3 is 15.3 Å². The van der Waals surface area contributed by atoms with E-state index in [1.54, 1.807) is 0 Å². The molecule has 92 valence electrons. The van der Waals surface area contributed by atoms with Gasteiger partial charge in [0.1, 0.15) is 0 Å². The van der Waals surface area contributed by atoms with Gasteiger partial charge in [0.25, 0.3) is 0 Å². The molecule has 1 aromatic rings. The molecule has 1 unspecified atom stereocenters. The zero-order chi connectivity index (χ0) is 12.3. The third kappa shape index (κ3) is 3.13. The molecule has 0 bridgehead atoms. The number of anilines is 1. The van der Waals surface area contributed by atoms with Crippen molar-refractivity contribution in [3.8, 4) is 0 Å². The van der Waals surface area contributed by atoms with Crippen LogP contribution in [0.15, 0.2) is 12.4 Å². The molecule has 1 aromatic heterocycles. The Morgan fingerprint density at radius 3 is 2.82 bits per heavy atom. The van der Waals surface area contributed by atoms with Gasteiger partial charge in [-0.05, 0) is 26.4 Å². The Balaban J connectivity index is 1.96. The third-order valence-corrected chi connectivity index (χ3v) is 2.86. The van der Waals surface area contributed by atoms with Gasteiger partial charge in [0.05, 0.1) is 5.56 Å². The lowest BCUT2D eigenvalue weighted by Crippen LogP contribution is -2.40. The first-order valence-electron chi connectivity index (χ1n) is 5.65. The molecule has 1 atom stereocenters. The van der Waals surface area contributed by atoms with E-state index in [0.717, 1.165) is 25.9 Å². The minimum Gasteiger partial charge on any atom is -0.478 e. The smallest absolute Gasteiger partial charge is 0.338 e. The second-order valence-corrected chi connectivity index (χ2v) is 4.35. The number of carboxylic acids is 1. The van der Waals surface area contributed by atoms with Crippen molar-refractivity contribution in [1.29, 1.82) is 0 Å². The summed E-state index contributed by atoms with van der Waals surface area (Å²) in [6.45, 7) is 2.08. The lowest BCUT2D eigenvalue weighted by atomic mass is 10.1. The number of piperidine rings is 1. The minimum absolute atomic E-state index is 0.108. The number of nitrogens with one attached hydrogen (secondary N) is 1. The molecule has 2 rings (SSSR count). The summed E-state index contributed by atoms with van der Waals surface area (Å²) in [5.41, 5.74) is 0.108. The van der Waals surface area contributed by atoms with Crippen molar-refractivity contribution in [2.45, 2.75) is 18.9 Å². The number of likely N-dealkylation sites (N-methyl/N-ethyl adjacent to an activating group) is 1. The molecule has 17 heavy (non-hydrogen) atoms. The second-order valence-electron chi connectivity index (χ2n) is 4.35. The van der Waals surface area contributed by atoms with Gasteiger partial charge in [0.2, 0.25) is 5.95 Å². The highest BCUT2D eigenvalue weighted by molar-refractivity contribution is 5.86. The molecular weight excluding hydrogens is 220 g/mol. The van der Waals surface area contributed by atoms with E-state index in [2.05, 4.69) is 27.2 Å². The number of aromatic nitrogens is 2. The highest BCUT2D eigenvalue weighted by atomic mass is 16.4. The van der Waals surface area contributed by atoms with Crippen LogP contribution in [0.1, 0.15) is 23.2 Å². The third-order valence-electron chi connectivity index (χ3n) is 2.86. The molecular formula is C11H16N4O2. The Labute approximate surface area is 99.7 Å². The molecule has 1 fully saturated rings. The summed E-state index contributed by atoms with van der Waals surface area (Å²) in [5, 5.41) is 11.9. The van der Waals surface area contributed by atoms with Gasteiger partial charge >= 0.3 is 5.97 Å². The maximum absolute atomic E-state index is 10.6.